The molecule has 0 unspecified atom stereocenters. The van der Waals surface area contributed by atoms with Crippen LogP contribution in [-0.4, -0.2) is 20.1 Å². The van der Waals surface area contributed by atoms with Crippen molar-refractivity contribution in [3.8, 4) is 0 Å². The Morgan fingerprint density at radius 2 is 1.79 bits per heavy atom. The standard InChI is InChI=1S/C13H17Br2N.CH3NO/c1-16(11-5-3-2-4-6-11)13-8-7-10(14)9-12(13)15;1-2-3/h7-9,11H,2-6H2,1H3;1H3. The predicted molar refractivity (Wildman–Crippen MR) is 88.8 cm³/mol. The summed E-state index contributed by atoms with van der Waals surface area (Å²) in [7, 11) is 3.41. The molecule has 2 rings (SSSR count). The summed E-state index contributed by atoms with van der Waals surface area (Å²) < 4.78 is 2.30. The van der Waals surface area contributed by atoms with Gasteiger partial charge in [-0.25, -0.2) is 0 Å². The van der Waals surface area contributed by atoms with Gasteiger partial charge in [-0.2, -0.15) is 4.91 Å². The maximum Gasteiger partial charge on any atom is 0.0700 e. The van der Waals surface area contributed by atoms with Crippen LogP contribution in [0.3, 0.4) is 0 Å². The van der Waals surface area contributed by atoms with Gasteiger partial charge in [-0.05, 0) is 47.0 Å². The number of nitroso groups, excluding NO2 is 1. The Bertz CT molecular complexity index is 406. The monoisotopic (exact) mass is 390 g/mol. The smallest absolute Gasteiger partial charge is 0.0700 e. The van der Waals surface area contributed by atoms with Crippen molar-refractivity contribution in [1.29, 1.82) is 0 Å². The van der Waals surface area contributed by atoms with Crippen molar-refractivity contribution >= 4 is 37.5 Å². The van der Waals surface area contributed by atoms with Gasteiger partial charge in [-0.1, -0.05) is 40.4 Å². The molecule has 106 valence electrons. The van der Waals surface area contributed by atoms with Crippen LogP contribution in [0.2, 0.25) is 0 Å². The fraction of sp³-hybridized carbons (Fsp3) is 0.571. The van der Waals surface area contributed by atoms with Crippen LogP contribution in [0.5, 0.6) is 0 Å². The topological polar surface area (TPSA) is 32.7 Å². The van der Waals surface area contributed by atoms with Gasteiger partial charge in [0.25, 0.3) is 0 Å². The average Bonchev–Trinajstić information content (AvgIpc) is 2.40. The lowest BCUT2D eigenvalue weighted by Gasteiger charge is -2.33. The molecule has 0 spiro atoms. The molecule has 1 fully saturated rings. The summed E-state index contributed by atoms with van der Waals surface area (Å²) in [6.45, 7) is 0. The maximum absolute atomic E-state index is 8.56. The molecule has 19 heavy (non-hydrogen) atoms. The largest absolute Gasteiger partial charge is 0.371 e. The van der Waals surface area contributed by atoms with Gasteiger partial charge in [0.05, 0.1) is 12.7 Å². The third-order valence-corrected chi connectivity index (χ3v) is 4.54. The minimum Gasteiger partial charge on any atom is -0.371 e. The van der Waals surface area contributed by atoms with E-state index in [1.54, 1.807) is 0 Å². The van der Waals surface area contributed by atoms with E-state index in [0.29, 0.717) is 6.04 Å². The summed E-state index contributed by atoms with van der Waals surface area (Å²) >= 11 is 7.14. The van der Waals surface area contributed by atoms with Crippen molar-refractivity contribution in [2.24, 2.45) is 5.18 Å². The number of hydrogen-bond acceptors (Lipinski definition) is 3. The number of nitrogens with zero attached hydrogens (tertiary/aromatic N) is 2. The Hall–Kier alpha value is -0.420. The molecular weight excluding hydrogens is 372 g/mol. The van der Waals surface area contributed by atoms with Crippen LogP contribution in [0, 0.1) is 4.91 Å². The molecule has 0 amide bonds. The van der Waals surface area contributed by atoms with Crippen molar-refractivity contribution in [2.45, 2.75) is 38.1 Å². The first-order valence-corrected chi connectivity index (χ1v) is 8.08. The Kier molecular flexibility index (Phi) is 7.61. The van der Waals surface area contributed by atoms with E-state index in [-0.39, 0.29) is 0 Å². The molecule has 1 aromatic rings. The highest BCUT2D eigenvalue weighted by Gasteiger charge is 2.19. The molecule has 0 heterocycles. The van der Waals surface area contributed by atoms with E-state index in [2.05, 4.69) is 67.2 Å². The first-order chi connectivity index (χ1) is 9.10. The minimum atomic E-state index is 0.714. The molecule has 1 aliphatic rings. The number of rotatable bonds is 2. The van der Waals surface area contributed by atoms with Crippen molar-refractivity contribution in [1.82, 2.24) is 0 Å². The zero-order chi connectivity index (χ0) is 14.3. The van der Waals surface area contributed by atoms with Gasteiger partial charge >= 0.3 is 0 Å². The van der Waals surface area contributed by atoms with Gasteiger partial charge in [-0.3, -0.25) is 0 Å². The average molecular weight is 392 g/mol. The molecule has 0 saturated heterocycles. The van der Waals surface area contributed by atoms with E-state index in [4.69, 9.17) is 4.91 Å². The molecule has 0 atom stereocenters. The predicted octanol–water partition coefficient (Wildman–Crippen LogP) is 5.36. The van der Waals surface area contributed by atoms with Crippen LogP contribution in [0.15, 0.2) is 32.3 Å². The number of hydrogen-bond donors (Lipinski definition) is 0. The zero-order valence-electron chi connectivity index (χ0n) is 11.4. The third-order valence-electron chi connectivity index (χ3n) is 3.41. The number of anilines is 1. The van der Waals surface area contributed by atoms with Gasteiger partial charge in [-0.15, -0.1) is 0 Å². The van der Waals surface area contributed by atoms with E-state index >= 15 is 0 Å². The molecule has 0 aliphatic heterocycles. The highest BCUT2D eigenvalue weighted by molar-refractivity contribution is 9.11. The van der Waals surface area contributed by atoms with E-state index < -0.39 is 0 Å². The Labute approximate surface area is 132 Å². The van der Waals surface area contributed by atoms with Crippen molar-refractivity contribution in [3.05, 3.63) is 32.1 Å². The number of halogens is 2. The van der Waals surface area contributed by atoms with Crippen molar-refractivity contribution < 1.29 is 0 Å². The van der Waals surface area contributed by atoms with E-state index in [1.165, 1.54) is 49.3 Å². The molecule has 0 bridgehead atoms. The molecule has 5 heteroatoms. The summed E-state index contributed by atoms with van der Waals surface area (Å²) in [5.41, 5.74) is 1.30. The van der Waals surface area contributed by atoms with Crippen molar-refractivity contribution in [2.75, 3.05) is 19.0 Å². The Morgan fingerprint density at radius 1 is 1.21 bits per heavy atom. The molecule has 1 aliphatic carbocycles. The minimum absolute atomic E-state index is 0.714. The molecular formula is C14H20Br2N2O. The zero-order valence-corrected chi connectivity index (χ0v) is 14.6. The lowest BCUT2D eigenvalue weighted by molar-refractivity contribution is 0.427. The highest BCUT2D eigenvalue weighted by Crippen LogP contribution is 2.32. The second-order valence-electron chi connectivity index (χ2n) is 4.68. The highest BCUT2D eigenvalue weighted by atomic mass is 79.9. The van der Waals surface area contributed by atoms with Crippen LogP contribution in [-0.2, 0) is 0 Å². The second-order valence-corrected chi connectivity index (χ2v) is 6.45. The van der Waals surface area contributed by atoms with Crippen LogP contribution >= 0.6 is 31.9 Å². The molecule has 1 saturated carbocycles. The maximum atomic E-state index is 8.56. The van der Waals surface area contributed by atoms with E-state index in [0.717, 1.165) is 4.47 Å². The lowest BCUT2D eigenvalue weighted by Crippen LogP contribution is -2.33. The van der Waals surface area contributed by atoms with Crippen LogP contribution in [0.1, 0.15) is 32.1 Å². The Morgan fingerprint density at radius 3 is 2.32 bits per heavy atom. The van der Waals surface area contributed by atoms with E-state index in [9.17, 15) is 0 Å². The molecule has 3 nitrogen and oxygen atoms in total. The summed E-state index contributed by atoms with van der Waals surface area (Å²) in [6, 6.07) is 7.13. The second kappa shape index (κ2) is 8.69. The van der Waals surface area contributed by atoms with Gasteiger partial charge in [0.1, 0.15) is 0 Å². The summed E-state index contributed by atoms with van der Waals surface area (Å²) in [5, 5.41) is 2.25. The fourth-order valence-corrected chi connectivity index (χ4v) is 3.76. The van der Waals surface area contributed by atoms with Crippen LogP contribution in [0.4, 0.5) is 5.69 Å². The molecule has 1 aromatic carbocycles. The summed E-state index contributed by atoms with van der Waals surface area (Å²) in [5.74, 6) is 0. The van der Waals surface area contributed by atoms with Gasteiger partial charge in [0, 0.05) is 22.0 Å². The van der Waals surface area contributed by atoms with E-state index in [1.807, 2.05) is 0 Å². The Balaban J connectivity index is 0.000000550. The molecule has 0 radical (unpaired) electrons. The first-order valence-electron chi connectivity index (χ1n) is 6.49. The van der Waals surface area contributed by atoms with Gasteiger partial charge in [0.15, 0.2) is 0 Å². The first kappa shape index (κ1) is 16.6. The molecule has 0 N–H and O–H groups in total. The van der Waals surface area contributed by atoms with Crippen LogP contribution < -0.4 is 4.90 Å². The number of benzene rings is 1. The summed E-state index contributed by atoms with van der Waals surface area (Å²) in [6.07, 6.45) is 6.83. The van der Waals surface area contributed by atoms with Gasteiger partial charge in [0.2, 0.25) is 0 Å². The van der Waals surface area contributed by atoms with Crippen molar-refractivity contribution in [3.63, 3.8) is 0 Å². The quantitative estimate of drug-likeness (QED) is 0.635. The fourth-order valence-electron chi connectivity index (χ4n) is 2.43. The third kappa shape index (κ3) is 5.22. The van der Waals surface area contributed by atoms with Crippen LogP contribution in [0.25, 0.3) is 0 Å². The normalized spacial score (nSPS) is 15.4. The lowest BCUT2D eigenvalue weighted by atomic mass is 9.94. The molecule has 0 aromatic heterocycles. The SMILES string of the molecule is CN(c1ccc(Br)cc1Br)C1CCCCC1.CN=O. The summed E-state index contributed by atoms with van der Waals surface area (Å²) in [4.78, 5) is 11.0. The van der Waals surface area contributed by atoms with Gasteiger partial charge < -0.3 is 4.90 Å².